The van der Waals surface area contributed by atoms with Crippen molar-refractivity contribution >= 4 is 0 Å². The Hall–Kier alpha value is -1.36. The summed E-state index contributed by atoms with van der Waals surface area (Å²) in [6.45, 7) is 6.25. The first-order valence-corrected chi connectivity index (χ1v) is 6.59. The summed E-state index contributed by atoms with van der Waals surface area (Å²) in [5, 5.41) is 3.37. The fraction of sp³-hybridized carbons (Fsp3) is 0.600. The molecule has 1 aromatic rings. The molecule has 0 fully saturated rings. The van der Waals surface area contributed by atoms with Crippen LogP contribution in [0, 0.1) is 5.41 Å². The number of nitrogens with one attached hydrogen (secondary N) is 1. The van der Waals surface area contributed by atoms with Crippen LogP contribution in [0.2, 0.25) is 0 Å². The zero-order valence-electron chi connectivity index (χ0n) is 12.7. The van der Waals surface area contributed by atoms with E-state index in [1.807, 2.05) is 6.07 Å². The summed E-state index contributed by atoms with van der Waals surface area (Å²) in [4.78, 5) is 0. The second kappa shape index (κ2) is 6.88. The van der Waals surface area contributed by atoms with Crippen LogP contribution in [0.5, 0.6) is 11.5 Å². The highest BCUT2D eigenvalue weighted by Crippen LogP contribution is 2.29. The second-order valence-corrected chi connectivity index (χ2v) is 5.83. The molecule has 1 unspecified atom stereocenters. The zero-order chi connectivity index (χ0) is 15.3. The summed E-state index contributed by atoms with van der Waals surface area (Å²) in [5.74, 6) is 0.364. The Kier molecular flexibility index (Phi) is 5.74. The number of rotatable bonds is 6. The van der Waals surface area contributed by atoms with Crippen molar-refractivity contribution in [1.29, 1.82) is 0 Å². The number of alkyl halides is 2. The first-order valence-electron chi connectivity index (χ1n) is 6.59. The zero-order valence-corrected chi connectivity index (χ0v) is 12.7. The maximum absolute atomic E-state index is 12.3. The van der Waals surface area contributed by atoms with Crippen LogP contribution in [0.4, 0.5) is 8.78 Å². The summed E-state index contributed by atoms with van der Waals surface area (Å²) < 4.78 is 34.2. The predicted molar refractivity (Wildman–Crippen MR) is 75.4 cm³/mol. The van der Waals surface area contributed by atoms with Crippen molar-refractivity contribution in [3.63, 3.8) is 0 Å². The Morgan fingerprint density at radius 1 is 1.20 bits per heavy atom. The molecule has 3 nitrogen and oxygen atoms in total. The lowest BCUT2D eigenvalue weighted by atomic mass is 9.88. The molecule has 0 aliphatic carbocycles. The molecule has 114 valence electrons. The Balaban J connectivity index is 2.76. The van der Waals surface area contributed by atoms with E-state index in [2.05, 4.69) is 37.7 Å². The van der Waals surface area contributed by atoms with Crippen LogP contribution in [0.1, 0.15) is 33.3 Å². The van der Waals surface area contributed by atoms with Crippen molar-refractivity contribution in [2.75, 3.05) is 7.11 Å². The summed E-state index contributed by atoms with van der Waals surface area (Å²) in [5.41, 5.74) is 1.01. The van der Waals surface area contributed by atoms with Crippen molar-refractivity contribution in [2.45, 2.75) is 46.9 Å². The van der Waals surface area contributed by atoms with Gasteiger partial charge in [-0.05, 0) is 30.0 Å². The highest BCUT2D eigenvalue weighted by molar-refractivity contribution is 5.43. The number of ether oxygens (including phenoxy) is 2. The van der Waals surface area contributed by atoms with Crippen molar-refractivity contribution in [1.82, 2.24) is 5.32 Å². The van der Waals surface area contributed by atoms with Crippen LogP contribution in [-0.2, 0) is 6.54 Å². The number of benzene rings is 1. The van der Waals surface area contributed by atoms with Gasteiger partial charge >= 0.3 is 6.61 Å². The summed E-state index contributed by atoms with van der Waals surface area (Å²) in [6, 6.07) is 5.34. The highest BCUT2D eigenvalue weighted by Gasteiger charge is 2.19. The van der Waals surface area contributed by atoms with Crippen molar-refractivity contribution in [2.24, 2.45) is 5.41 Å². The SMILES string of the molecule is COc1ccc(CNC(C)C(C)(C)C)cc1OC(F)F. The molecule has 1 atom stereocenters. The molecule has 20 heavy (non-hydrogen) atoms. The molecule has 1 aromatic carbocycles. The quantitative estimate of drug-likeness (QED) is 0.862. The van der Waals surface area contributed by atoms with Gasteiger partial charge in [-0.1, -0.05) is 26.8 Å². The third-order valence-corrected chi connectivity index (χ3v) is 3.36. The van der Waals surface area contributed by atoms with Gasteiger partial charge in [0.05, 0.1) is 7.11 Å². The molecule has 5 heteroatoms. The van der Waals surface area contributed by atoms with Gasteiger partial charge in [-0.2, -0.15) is 8.78 Å². The number of methoxy groups -OCH3 is 1. The van der Waals surface area contributed by atoms with Crippen molar-refractivity contribution in [3.8, 4) is 11.5 Å². The molecule has 1 N–H and O–H groups in total. The number of halogens is 2. The molecule has 0 bridgehead atoms. The van der Waals surface area contributed by atoms with E-state index in [1.165, 1.54) is 7.11 Å². The van der Waals surface area contributed by atoms with E-state index in [4.69, 9.17) is 4.74 Å². The van der Waals surface area contributed by atoms with Gasteiger partial charge in [0, 0.05) is 12.6 Å². The predicted octanol–water partition coefficient (Wildman–Crippen LogP) is 3.82. The molecule has 0 aromatic heterocycles. The van der Waals surface area contributed by atoms with Gasteiger partial charge in [-0.3, -0.25) is 0 Å². The molecule has 0 saturated carbocycles. The van der Waals surface area contributed by atoms with Crippen molar-refractivity contribution in [3.05, 3.63) is 23.8 Å². The molecule has 0 amide bonds. The Morgan fingerprint density at radius 2 is 1.85 bits per heavy atom. The summed E-state index contributed by atoms with van der Waals surface area (Å²) >= 11 is 0. The maximum Gasteiger partial charge on any atom is 0.387 e. The van der Waals surface area contributed by atoms with Crippen molar-refractivity contribution < 1.29 is 18.3 Å². The van der Waals surface area contributed by atoms with E-state index in [0.717, 1.165) is 5.56 Å². The Morgan fingerprint density at radius 3 is 2.35 bits per heavy atom. The third-order valence-electron chi connectivity index (χ3n) is 3.36. The van der Waals surface area contributed by atoms with Gasteiger partial charge in [0.2, 0.25) is 0 Å². The van der Waals surface area contributed by atoms with Gasteiger partial charge in [0.15, 0.2) is 11.5 Å². The average Bonchev–Trinajstić information content (AvgIpc) is 2.34. The number of hydrogen-bond donors (Lipinski definition) is 1. The van der Waals surface area contributed by atoms with Crippen LogP contribution in [0.25, 0.3) is 0 Å². The molecule has 0 radical (unpaired) electrons. The molecule has 0 spiro atoms. The Labute approximate surface area is 119 Å². The summed E-state index contributed by atoms with van der Waals surface area (Å²) in [7, 11) is 1.42. The number of hydrogen-bond acceptors (Lipinski definition) is 3. The minimum atomic E-state index is -2.86. The molecule has 0 saturated heterocycles. The second-order valence-electron chi connectivity index (χ2n) is 5.83. The van der Waals surface area contributed by atoms with Crippen LogP contribution in [0.3, 0.4) is 0 Å². The van der Waals surface area contributed by atoms with E-state index >= 15 is 0 Å². The molecular weight excluding hydrogens is 264 g/mol. The van der Waals surface area contributed by atoms with E-state index in [9.17, 15) is 8.78 Å². The molecule has 0 heterocycles. The monoisotopic (exact) mass is 287 g/mol. The van der Waals surface area contributed by atoms with Gasteiger partial charge in [-0.25, -0.2) is 0 Å². The van der Waals surface area contributed by atoms with Gasteiger partial charge in [0.1, 0.15) is 0 Å². The normalized spacial score (nSPS) is 13.4. The maximum atomic E-state index is 12.3. The third kappa shape index (κ3) is 4.96. The molecule has 0 aliphatic heterocycles. The lowest BCUT2D eigenvalue weighted by Gasteiger charge is -2.28. The fourth-order valence-electron chi connectivity index (χ4n) is 1.60. The smallest absolute Gasteiger partial charge is 0.387 e. The minimum absolute atomic E-state index is 0.0604. The lowest BCUT2D eigenvalue weighted by molar-refractivity contribution is -0.0512. The summed E-state index contributed by atoms with van der Waals surface area (Å²) in [6.07, 6.45) is 0. The fourth-order valence-corrected chi connectivity index (χ4v) is 1.60. The first kappa shape index (κ1) is 16.7. The minimum Gasteiger partial charge on any atom is -0.493 e. The largest absolute Gasteiger partial charge is 0.493 e. The van der Waals surface area contributed by atoms with Crippen LogP contribution < -0.4 is 14.8 Å². The van der Waals surface area contributed by atoms with Gasteiger partial charge in [-0.15, -0.1) is 0 Å². The molecular formula is C15H23F2NO2. The van der Waals surface area contributed by atoms with Gasteiger partial charge in [0.25, 0.3) is 0 Å². The van der Waals surface area contributed by atoms with Gasteiger partial charge < -0.3 is 14.8 Å². The average molecular weight is 287 g/mol. The van der Waals surface area contributed by atoms with E-state index in [1.54, 1.807) is 12.1 Å². The highest BCUT2D eigenvalue weighted by atomic mass is 19.3. The van der Waals surface area contributed by atoms with E-state index in [0.29, 0.717) is 18.3 Å². The van der Waals surface area contributed by atoms with Crippen LogP contribution in [0.15, 0.2) is 18.2 Å². The molecule has 0 aliphatic rings. The van der Waals surface area contributed by atoms with E-state index in [-0.39, 0.29) is 11.2 Å². The molecule has 1 rings (SSSR count). The lowest BCUT2D eigenvalue weighted by Crippen LogP contribution is -2.37. The first-order chi connectivity index (χ1) is 9.24. The van der Waals surface area contributed by atoms with E-state index < -0.39 is 6.61 Å². The van der Waals surface area contributed by atoms with Crippen LogP contribution >= 0.6 is 0 Å². The Bertz CT molecular complexity index is 430. The van der Waals surface area contributed by atoms with Crippen LogP contribution in [-0.4, -0.2) is 19.8 Å². The standard InChI is InChI=1S/C15H23F2NO2/c1-10(15(2,3)4)18-9-11-6-7-12(19-5)13(8-11)20-14(16)17/h6-8,10,14,18H,9H2,1-5H3. The topological polar surface area (TPSA) is 30.5 Å².